The third-order valence-corrected chi connectivity index (χ3v) is 3.30. The van der Waals surface area contributed by atoms with Gasteiger partial charge in [0.1, 0.15) is 0 Å². The first-order chi connectivity index (χ1) is 8.29. The van der Waals surface area contributed by atoms with Crippen molar-refractivity contribution >= 4 is 0 Å². The van der Waals surface area contributed by atoms with Crippen molar-refractivity contribution in [1.82, 2.24) is 15.2 Å². The van der Waals surface area contributed by atoms with E-state index in [9.17, 15) is 0 Å². The highest BCUT2D eigenvalue weighted by molar-refractivity contribution is 5.09. The zero-order chi connectivity index (χ0) is 12.1. The number of nitrogens with one attached hydrogen (secondary N) is 1. The molecule has 2 rings (SSSR count). The molecule has 1 saturated carbocycles. The van der Waals surface area contributed by atoms with Gasteiger partial charge in [0.25, 0.3) is 0 Å². The van der Waals surface area contributed by atoms with Gasteiger partial charge in [0.05, 0.1) is 5.69 Å². The topological polar surface area (TPSA) is 28.2 Å². The van der Waals surface area contributed by atoms with E-state index in [2.05, 4.69) is 34.3 Å². The standard InChI is InChI=1S/C14H23N3/c1-3-17(14-7-8-14)10-9-15-11-13-6-4-5-12(2)16-13/h4-6,14-15H,3,7-11H2,1-2H3. The predicted octanol–water partition coefficient (Wildman–Crippen LogP) is 1.96. The smallest absolute Gasteiger partial charge is 0.0544 e. The zero-order valence-electron chi connectivity index (χ0n) is 10.9. The van der Waals surface area contributed by atoms with Crippen LogP contribution in [0.2, 0.25) is 0 Å². The summed E-state index contributed by atoms with van der Waals surface area (Å²) in [5, 5.41) is 3.47. The van der Waals surface area contributed by atoms with Gasteiger partial charge < -0.3 is 5.32 Å². The summed E-state index contributed by atoms with van der Waals surface area (Å²) in [7, 11) is 0. The highest BCUT2D eigenvalue weighted by Gasteiger charge is 2.26. The van der Waals surface area contributed by atoms with Gasteiger partial charge in [0.15, 0.2) is 0 Å². The lowest BCUT2D eigenvalue weighted by atomic mass is 10.3. The second kappa shape index (κ2) is 6.12. The average Bonchev–Trinajstić information content (AvgIpc) is 3.13. The number of pyridine rings is 1. The summed E-state index contributed by atoms with van der Waals surface area (Å²) in [6.45, 7) is 8.56. The van der Waals surface area contributed by atoms with E-state index in [1.807, 2.05) is 13.0 Å². The Bertz CT molecular complexity index is 347. The molecule has 0 unspecified atom stereocenters. The van der Waals surface area contributed by atoms with Gasteiger partial charge in [-0.25, -0.2) is 0 Å². The molecule has 0 saturated heterocycles. The minimum Gasteiger partial charge on any atom is -0.310 e. The van der Waals surface area contributed by atoms with E-state index in [1.165, 1.54) is 19.4 Å². The summed E-state index contributed by atoms with van der Waals surface area (Å²) in [6, 6.07) is 7.06. The van der Waals surface area contributed by atoms with Gasteiger partial charge in [0.2, 0.25) is 0 Å². The van der Waals surface area contributed by atoms with Gasteiger partial charge in [-0.15, -0.1) is 0 Å². The molecular formula is C14H23N3. The number of aromatic nitrogens is 1. The van der Waals surface area contributed by atoms with Crippen LogP contribution in [0.25, 0.3) is 0 Å². The molecular weight excluding hydrogens is 210 g/mol. The Balaban J connectivity index is 1.65. The van der Waals surface area contributed by atoms with Crippen LogP contribution >= 0.6 is 0 Å². The Kier molecular flexibility index (Phi) is 4.51. The average molecular weight is 233 g/mol. The van der Waals surface area contributed by atoms with Crippen molar-refractivity contribution in [2.45, 2.75) is 39.3 Å². The molecule has 0 bridgehead atoms. The molecule has 1 heterocycles. The third-order valence-electron chi connectivity index (χ3n) is 3.30. The third kappa shape index (κ3) is 4.10. The van der Waals surface area contributed by atoms with Crippen LogP contribution in [-0.2, 0) is 6.54 Å². The molecule has 0 amide bonds. The van der Waals surface area contributed by atoms with E-state index in [0.29, 0.717) is 0 Å². The van der Waals surface area contributed by atoms with Crippen molar-refractivity contribution in [2.75, 3.05) is 19.6 Å². The summed E-state index contributed by atoms with van der Waals surface area (Å²) >= 11 is 0. The Morgan fingerprint density at radius 2 is 2.24 bits per heavy atom. The Morgan fingerprint density at radius 3 is 2.88 bits per heavy atom. The lowest BCUT2D eigenvalue weighted by Crippen LogP contribution is -2.33. The van der Waals surface area contributed by atoms with Gasteiger partial charge in [-0.3, -0.25) is 9.88 Å². The Morgan fingerprint density at radius 1 is 1.41 bits per heavy atom. The van der Waals surface area contributed by atoms with Gasteiger partial charge in [-0.2, -0.15) is 0 Å². The summed E-state index contributed by atoms with van der Waals surface area (Å²) in [4.78, 5) is 7.05. The van der Waals surface area contributed by atoms with Crippen molar-refractivity contribution in [1.29, 1.82) is 0 Å². The molecule has 3 nitrogen and oxygen atoms in total. The molecule has 1 aliphatic rings. The largest absolute Gasteiger partial charge is 0.310 e. The molecule has 0 radical (unpaired) electrons. The van der Waals surface area contributed by atoms with E-state index in [-0.39, 0.29) is 0 Å². The summed E-state index contributed by atoms with van der Waals surface area (Å²) in [5.41, 5.74) is 2.23. The van der Waals surface area contributed by atoms with E-state index >= 15 is 0 Å². The van der Waals surface area contributed by atoms with Crippen LogP contribution in [0, 0.1) is 6.92 Å². The highest BCUT2D eigenvalue weighted by atomic mass is 15.2. The molecule has 1 aromatic rings. The molecule has 0 spiro atoms. The van der Waals surface area contributed by atoms with Crippen LogP contribution in [0.3, 0.4) is 0 Å². The lowest BCUT2D eigenvalue weighted by Gasteiger charge is -2.19. The molecule has 94 valence electrons. The molecule has 1 aliphatic carbocycles. The zero-order valence-corrected chi connectivity index (χ0v) is 10.9. The number of aryl methyl sites for hydroxylation is 1. The number of rotatable bonds is 7. The number of hydrogen-bond acceptors (Lipinski definition) is 3. The van der Waals surface area contributed by atoms with E-state index in [0.717, 1.165) is 37.1 Å². The van der Waals surface area contributed by atoms with Crippen molar-refractivity contribution in [3.8, 4) is 0 Å². The monoisotopic (exact) mass is 233 g/mol. The fraction of sp³-hybridized carbons (Fsp3) is 0.643. The second-order valence-corrected chi connectivity index (χ2v) is 4.81. The van der Waals surface area contributed by atoms with Crippen LogP contribution in [-0.4, -0.2) is 35.6 Å². The SMILES string of the molecule is CCN(CCNCc1cccc(C)n1)C1CC1. The molecule has 17 heavy (non-hydrogen) atoms. The normalized spacial score (nSPS) is 15.5. The van der Waals surface area contributed by atoms with E-state index in [1.54, 1.807) is 0 Å². The van der Waals surface area contributed by atoms with Crippen LogP contribution in [0.5, 0.6) is 0 Å². The van der Waals surface area contributed by atoms with E-state index < -0.39 is 0 Å². The molecule has 0 aliphatic heterocycles. The minimum atomic E-state index is 0.874. The van der Waals surface area contributed by atoms with Crippen molar-refractivity contribution < 1.29 is 0 Å². The summed E-state index contributed by atoms with van der Waals surface area (Å²) in [5.74, 6) is 0. The maximum absolute atomic E-state index is 4.48. The van der Waals surface area contributed by atoms with Gasteiger partial charge in [-0.1, -0.05) is 13.0 Å². The summed E-state index contributed by atoms with van der Waals surface area (Å²) < 4.78 is 0. The molecule has 1 aromatic heterocycles. The maximum Gasteiger partial charge on any atom is 0.0544 e. The number of hydrogen-bond donors (Lipinski definition) is 1. The first kappa shape index (κ1) is 12.5. The van der Waals surface area contributed by atoms with Gasteiger partial charge in [0, 0.05) is 31.4 Å². The molecule has 0 atom stereocenters. The van der Waals surface area contributed by atoms with Gasteiger partial charge in [-0.05, 0) is 38.4 Å². The van der Waals surface area contributed by atoms with Crippen LogP contribution in [0.1, 0.15) is 31.2 Å². The van der Waals surface area contributed by atoms with Crippen molar-refractivity contribution in [3.63, 3.8) is 0 Å². The number of nitrogens with zero attached hydrogens (tertiary/aromatic N) is 2. The summed E-state index contributed by atoms with van der Waals surface area (Å²) in [6.07, 6.45) is 2.79. The van der Waals surface area contributed by atoms with Crippen molar-refractivity contribution in [3.05, 3.63) is 29.6 Å². The fourth-order valence-corrected chi connectivity index (χ4v) is 2.18. The fourth-order valence-electron chi connectivity index (χ4n) is 2.18. The van der Waals surface area contributed by atoms with E-state index in [4.69, 9.17) is 0 Å². The molecule has 1 N–H and O–H groups in total. The highest BCUT2D eigenvalue weighted by Crippen LogP contribution is 2.25. The minimum absolute atomic E-state index is 0.874. The first-order valence-corrected chi connectivity index (χ1v) is 6.67. The predicted molar refractivity (Wildman–Crippen MR) is 70.9 cm³/mol. The Hall–Kier alpha value is -0.930. The first-order valence-electron chi connectivity index (χ1n) is 6.67. The molecule has 0 aromatic carbocycles. The van der Waals surface area contributed by atoms with Crippen molar-refractivity contribution in [2.24, 2.45) is 0 Å². The molecule has 3 heteroatoms. The second-order valence-electron chi connectivity index (χ2n) is 4.81. The maximum atomic E-state index is 4.48. The Labute approximate surface area is 104 Å². The quantitative estimate of drug-likeness (QED) is 0.730. The molecule has 1 fully saturated rings. The lowest BCUT2D eigenvalue weighted by molar-refractivity contribution is 0.277. The van der Waals surface area contributed by atoms with Gasteiger partial charge >= 0.3 is 0 Å². The van der Waals surface area contributed by atoms with Crippen LogP contribution < -0.4 is 5.32 Å². The van der Waals surface area contributed by atoms with Crippen LogP contribution in [0.4, 0.5) is 0 Å². The number of likely N-dealkylation sites (N-methyl/N-ethyl adjacent to an activating group) is 1. The van der Waals surface area contributed by atoms with Crippen LogP contribution in [0.15, 0.2) is 18.2 Å².